The summed E-state index contributed by atoms with van der Waals surface area (Å²) in [5.74, 6) is -1.56. The molecule has 1 aromatic heterocycles. The van der Waals surface area contributed by atoms with Gasteiger partial charge in [-0.05, 0) is 6.92 Å². The van der Waals surface area contributed by atoms with Gasteiger partial charge in [-0.3, -0.25) is 4.79 Å². The van der Waals surface area contributed by atoms with Crippen molar-refractivity contribution < 1.29 is 18.7 Å². The number of fused-ring (bicyclic) bond motifs is 1. The van der Waals surface area contributed by atoms with Crippen LogP contribution in [0.3, 0.4) is 0 Å². The first kappa shape index (κ1) is 13.8. The third kappa shape index (κ3) is 3.23. The molecule has 1 atom stereocenters. The van der Waals surface area contributed by atoms with Crippen LogP contribution in [0.4, 0.5) is 8.78 Å². The summed E-state index contributed by atoms with van der Waals surface area (Å²) in [5, 5.41) is 8.24. The zero-order valence-corrected chi connectivity index (χ0v) is 10.9. The molecule has 0 spiro atoms. The monoisotopic (exact) mass is 286 g/mol. The molecule has 0 aliphatic rings. The molecule has 2 aromatic rings. The van der Waals surface area contributed by atoms with Gasteiger partial charge in [-0.15, -0.1) is 11.8 Å². The Morgan fingerprint density at radius 1 is 1.47 bits per heavy atom. The smallest absolute Gasteiger partial charge is 0.316 e. The van der Waals surface area contributed by atoms with E-state index in [4.69, 9.17) is 5.11 Å². The van der Waals surface area contributed by atoms with Crippen LogP contribution in [-0.4, -0.2) is 32.0 Å². The highest BCUT2D eigenvalue weighted by molar-refractivity contribution is 8.00. The van der Waals surface area contributed by atoms with Gasteiger partial charge in [0, 0.05) is 24.3 Å². The van der Waals surface area contributed by atoms with E-state index in [0.717, 1.165) is 12.1 Å². The van der Waals surface area contributed by atoms with E-state index in [0.29, 0.717) is 29.0 Å². The van der Waals surface area contributed by atoms with E-state index < -0.39 is 22.9 Å². The number of halogens is 2. The Morgan fingerprint density at radius 3 is 2.84 bits per heavy atom. The van der Waals surface area contributed by atoms with E-state index in [1.807, 2.05) is 0 Å². The van der Waals surface area contributed by atoms with Crippen LogP contribution in [0.2, 0.25) is 0 Å². The van der Waals surface area contributed by atoms with Gasteiger partial charge in [-0.25, -0.2) is 13.8 Å². The van der Waals surface area contributed by atoms with Crippen LogP contribution in [0, 0.1) is 11.6 Å². The summed E-state index contributed by atoms with van der Waals surface area (Å²) < 4.78 is 26.0. The van der Waals surface area contributed by atoms with Gasteiger partial charge in [0.1, 0.15) is 5.82 Å². The minimum atomic E-state index is -0.931. The molecule has 0 radical (unpaired) electrons. The molecule has 1 aromatic carbocycles. The van der Waals surface area contributed by atoms with Crippen molar-refractivity contribution in [2.24, 2.45) is 0 Å². The molecule has 7 heteroatoms. The predicted molar refractivity (Wildman–Crippen MR) is 69.3 cm³/mol. The number of hydrogen-bond acceptors (Lipinski definition) is 3. The number of H-pyrrole nitrogens is 1. The number of carboxylic acids is 1. The standard InChI is InChI=1S/C12H12F2N2O2S/c1-6(12(17)18)19-3-2-11-15-9-4-7(13)8(14)5-10(9)16-11/h4-6H,2-3H2,1H3,(H,15,16)(H,17,18). The van der Waals surface area contributed by atoms with Crippen molar-refractivity contribution in [1.82, 2.24) is 9.97 Å². The average Bonchev–Trinajstić information content (AvgIpc) is 2.71. The summed E-state index contributed by atoms with van der Waals surface area (Å²) in [6, 6.07) is 2.10. The van der Waals surface area contributed by atoms with Gasteiger partial charge in [0.2, 0.25) is 0 Å². The Hall–Kier alpha value is -1.63. The molecule has 1 unspecified atom stereocenters. The molecule has 0 bridgehead atoms. The lowest BCUT2D eigenvalue weighted by Gasteiger charge is -2.03. The van der Waals surface area contributed by atoms with Crippen molar-refractivity contribution in [3.05, 3.63) is 29.6 Å². The highest BCUT2D eigenvalue weighted by atomic mass is 32.2. The van der Waals surface area contributed by atoms with Gasteiger partial charge in [0.25, 0.3) is 0 Å². The summed E-state index contributed by atoms with van der Waals surface area (Å²) in [4.78, 5) is 17.7. The van der Waals surface area contributed by atoms with Crippen LogP contribution >= 0.6 is 11.8 Å². The van der Waals surface area contributed by atoms with Crippen LogP contribution in [0.1, 0.15) is 12.7 Å². The van der Waals surface area contributed by atoms with Crippen LogP contribution in [0.25, 0.3) is 11.0 Å². The number of aromatic amines is 1. The fourth-order valence-corrected chi connectivity index (χ4v) is 2.39. The lowest BCUT2D eigenvalue weighted by atomic mass is 10.3. The summed E-state index contributed by atoms with van der Waals surface area (Å²) in [7, 11) is 0. The minimum absolute atomic E-state index is 0.366. The fraction of sp³-hybridized carbons (Fsp3) is 0.333. The number of imidazole rings is 1. The van der Waals surface area contributed by atoms with Gasteiger partial charge in [0.05, 0.1) is 16.3 Å². The second-order valence-corrected chi connectivity index (χ2v) is 5.52. The number of benzene rings is 1. The van der Waals surface area contributed by atoms with Gasteiger partial charge in [-0.2, -0.15) is 0 Å². The highest BCUT2D eigenvalue weighted by Crippen LogP contribution is 2.18. The Kier molecular flexibility index (Phi) is 4.04. The van der Waals surface area contributed by atoms with E-state index in [9.17, 15) is 13.6 Å². The quantitative estimate of drug-likeness (QED) is 0.886. The number of rotatable bonds is 5. The number of carbonyl (C=O) groups is 1. The largest absolute Gasteiger partial charge is 0.480 e. The van der Waals surface area contributed by atoms with Crippen LogP contribution in [-0.2, 0) is 11.2 Å². The zero-order chi connectivity index (χ0) is 14.0. The molecule has 0 aliphatic carbocycles. The van der Waals surface area contributed by atoms with Gasteiger partial charge < -0.3 is 10.1 Å². The maximum atomic E-state index is 13.0. The molecular formula is C12H12F2N2O2S. The zero-order valence-electron chi connectivity index (χ0n) is 10.1. The number of aliphatic carboxylic acids is 1. The van der Waals surface area contributed by atoms with E-state index in [1.54, 1.807) is 6.92 Å². The third-order valence-corrected chi connectivity index (χ3v) is 3.77. The molecule has 19 heavy (non-hydrogen) atoms. The number of carboxylic acid groups (broad SMARTS) is 1. The SMILES string of the molecule is CC(SCCc1nc2cc(F)c(F)cc2[nH]1)C(=O)O. The molecule has 0 fully saturated rings. The molecule has 102 valence electrons. The maximum absolute atomic E-state index is 13.0. The Morgan fingerprint density at radius 2 is 2.16 bits per heavy atom. The molecule has 4 nitrogen and oxygen atoms in total. The maximum Gasteiger partial charge on any atom is 0.316 e. The fourth-order valence-electron chi connectivity index (χ4n) is 1.58. The number of aromatic nitrogens is 2. The number of thioether (sulfide) groups is 1. The van der Waals surface area contributed by atoms with Crippen molar-refractivity contribution in [1.29, 1.82) is 0 Å². The number of hydrogen-bond donors (Lipinski definition) is 2. The molecular weight excluding hydrogens is 274 g/mol. The first-order valence-electron chi connectivity index (χ1n) is 5.65. The van der Waals surface area contributed by atoms with Crippen LogP contribution in [0.5, 0.6) is 0 Å². The van der Waals surface area contributed by atoms with Crippen molar-refractivity contribution in [3.8, 4) is 0 Å². The molecule has 2 rings (SSSR count). The Bertz CT molecular complexity index is 576. The lowest BCUT2D eigenvalue weighted by molar-refractivity contribution is -0.136. The normalized spacial score (nSPS) is 12.8. The van der Waals surface area contributed by atoms with Crippen molar-refractivity contribution in [2.45, 2.75) is 18.6 Å². The molecule has 0 saturated carbocycles. The summed E-state index contributed by atoms with van der Waals surface area (Å²) in [6.45, 7) is 1.61. The second kappa shape index (κ2) is 5.56. The van der Waals surface area contributed by atoms with Crippen LogP contribution < -0.4 is 0 Å². The minimum Gasteiger partial charge on any atom is -0.480 e. The molecule has 2 N–H and O–H groups in total. The summed E-state index contributed by atoms with van der Waals surface area (Å²) in [5.41, 5.74) is 0.801. The molecule has 1 heterocycles. The van der Waals surface area contributed by atoms with Gasteiger partial charge in [0.15, 0.2) is 11.6 Å². The van der Waals surface area contributed by atoms with Crippen LogP contribution in [0.15, 0.2) is 12.1 Å². The third-order valence-electron chi connectivity index (χ3n) is 2.63. The Balaban J connectivity index is 2.04. The molecule has 0 saturated heterocycles. The average molecular weight is 286 g/mol. The van der Waals surface area contributed by atoms with Crippen molar-refractivity contribution in [2.75, 3.05) is 5.75 Å². The van der Waals surface area contributed by atoms with E-state index >= 15 is 0 Å². The van der Waals surface area contributed by atoms with E-state index in [-0.39, 0.29) is 0 Å². The van der Waals surface area contributed by atoms with E-state index in [2.05, 4.69) is 9.97 Å². The van der Waals surface area contributed by atoms with Crippen molar-refractivity contribution >= 4 is 28.8 Å². The first-order chi connectivity index (χ1) is 8.97. The summed E-state index contributed by atoms with van der Waals surface area (Å²) in [6.07, 6.45) is 0.514. The van der Waals surface area contributed by atoms with Crippen molar-refractivity contribution in [3.63, 3.8) is 0 Å². The second-order valence-electron chi connectivity index (χ2n) is 4.07. The highest BCUT2D eigenvalue weighted by Gasteiger charge is 2.12. The summed E-state index contributed by atoms with van der Waals surface area (Å²) >= 11 is 1.29. The topological polar surface area (TPSA) is 66.0 Å². The van der Waals surface area contributed by atoms with E-state index in [1.165, 1.54) is 11.8 Å². The first-order valence-corrected chi connectivity index (χ1v) is 6.70. The lowest BCUT2D eigenvalue weighted by Crippen LogP contribution is -2.12. The van der Waals surface area contributed by atoms with Gasteiger partial charge >= 0.3 is 5.97 Å². The number of aryl methyl sites for hydroxylation is 1. The van der Waals surface area contributed by atoms with Gasteiger partial charge in [-0.1, -0.05) is 0 Å². The molecule has 0 aliphatic heterocycles. The predicted octanol–water partition coefficient (Wildman–Crippen LogP) is 2.59. The molecule has 0 amide bonds. The number of nitrogens with one attached hydrogen (secondary N) is 1. The number of nitrogens with zero attached hydrogens (tertiary/aromatic N) is 1. The Labute approximate surface area is 112 Å².